The van der Waals surface area contributed by atoms with Crippen molar-refractivity contribution < 1.29 is 80.2 Å². The van der Waals surface area contributed by atoms with Crippen LogP contribution >= 0.6 is 15.6 Å². The molecule has 17 nitrogen and oxygen atoms in total. The Balaban J connectivity index is 5.17. The molecule has 0 radical (unpaired) electrons. The highest BCUT2D eigenvalue weighted by Gasteiger charge is 2.30. The van der Waals surface area contributed by atoms with E-state index in [1.807, 2.05) is 0 Å². The largest absolute Gasteiger partial charge is 0.472 e. The Morgan fingerprint density at radius 1 is 0.262 bits per heavy atom. The van der Waals surface area contributed by atoms with E-state index in [1.165, 1.54) is 250 Å². The molecule has 0 bridgehead atoms. The molecule has 0 aliphatic rings. The first-order valence-corrected chi connectivity index (χ1v) is 46.5. The highest BCUT2D eigenvalue weighted by atomic mass is 31.2. The van der Waals surface area contributed by atoms with Crippen LogP contribution in [0, 0.1) is 11.8 Å². The van der Waals surface area contributed by atoms with Crippen LogP contribution in [0.25, 0.3) is 0 Å². The Morgan fingerprint density at radius 2 is 0.447 bits per heavy atom. The summed E-state index contributed by atoms with van der Waals surface area (Å²) in [6.45, 7) is 9.67. The fourth-order valence-corrected chi connectivity index (χ4v) is 14.6. The van der Waals surface area contributed by atoms with Crippen LogP contribution in [-0.2, 0) is 65.4 Å². The van der Waals surface area contributed by atoms with Gasteiger partial charge >= 0.3 is 39.5 Å². The van der Waals surface area contributed by atoms with Gasteiger partial charge < -0.3 is 33.8 Å². The number of aliphatic hydroxyl groups excluding tert-OH is 1. The molecule has 612 valence electrons. The number of hydrogen-bond donors (Lipinski definition) is 3. The van der Waals surface area contributed by atoms with Crippen molar-refractivity contribution in [2.45, 2.75) is 464 Å². The number of carbonyl (C=O) groups is 4. The summed E-state index contributed by atoms with van der Waals surface area (Å²) in [5.74, 6) is -0.501. The van der Waals surface area contributed by atoms with Crippen molar-refractivity contribution in [1.82, 2.24) is 0 Å². The lowest BCUT2D eigenvalue weighted by molar-refractivity contribution is -0.161. The number of unbranched alkanes of at least 4 members (excludes halogenated alkanes) is 53. The Morgan fingerprint density at radius 3 is 0.660 bits per heavy atom. The quantitative estimate of drug-likeness (QED) is 0.0222. The van der Waals surface area contributed by atoms with Gasteiger partial charge in [-0.05, 0) is 37.5 Å². The molecule has 2 unspecified atom stereocenters. The van der Waals surface area contributed by atoms with Gasteiger partial charge in [-0.3, -0.25) is 37.3 Å². The molecular weight excluding hydrogens is 1340 g/mol. The normalized spacial score (nSPS) is 13.9. The fourth-order valence-electron chi connectivity index (χ4n) is 13.1. The molecule has 0 fully saturated rings. The summed E-state index contributed by atoms with van der Waals surface area (Å²) in [7, 11) is -9.92. The van der Waals surface area contributed by atoms with E-state index in [0.717, 1.165) is 115 Å². The van der Waals surface area contributed by atoms with Gasteiger partial charge in [-0.2, -0.15) is 0 Å². The van der Waals surface area contributed by atoms with Crippen molar-refractivity contribution in [3.05, 3.63) is 0 Å². The summed E-state index contributed by atoms with van der Waals surface area (Å²) < 4.78 is 68.7. The maximum atomic E-state index is 13.1. The average molecular weight is 1510 g/mol. The summed E-state index contributed by atoms with van der Waals surface area (Å²) >= 11 is 0. The summed E-state index contributed by atoms with van der Waals surface area (Å²) in [6.07, 6.45) is 66.9. The first-order chi connectivity index (χ1) is 49.9. The number of ether oxygens (including phenoxy) is 4. The molecule has 0 aromatic heterocycles. The van der Waals surface area contributed by atoms with Gasteiger partial charge in [0.15, 0.2) is 12.2 Å². The zero-order valence-electron chi connectivity index (χ0n) is 67.6. The smallest absolute Gasteiger partial charge is 0.462 e. The third-order valence-electron chi connectivity index (χ3n) is 19.7. The molecule has 3 N–H and O–H groups in total. The van der Waals surface area contributed by atoms with Gasteiger partial charge in [0.2, 0.25) is 0 Å². The van der Waals surface area contributed by atoms with Crippen LogP contribution in [0.15, 0.2) is 0 Å². The average Bonchev–Trinajstić information content (AvgIpc) is 0.918. The second-order valence-corrected chi connectivity index (χ2v) is 34.1. The first kappa shape index (κ1) is 101. The van der Waals surface area contributed by atoms with Gasteiger partial charge in [0.1, 0.15) is 19.3 Å². The van der Waals surface area contributed by atoms with Crippen LogP contribution < -0.4 is 0 Å². The number of phosphoric acid groups is 2. The number of aliphatic hydroxyl groups is 1. The summed E-state index contributed by atoms with van der Waals surface area (Å²) in [5.41, 5.74) is 0. The van der Waals surface area contributed by atoms with Gasteiger partial charge in [0.05, 0.1) is 26.4 Å². The lowest BCUT2D eigenvalue weighted by Crippen LogP contribution is -2.30. The molecule has 0 amide bonds. The predicted molar refractivity (Wildman–Crippen MR) is 423 cm³/mol. The van der Waals surface area contributed by atoms with E-state index in [0.29, 0.717) is 25.7 Å². The van der Waals surface area contributed by atoms with Crippen molar-refractivity contribution >= 4 is 39.5 Å². The maximum absolute atomic E-state index is 13.1. The van der Waals surface area contributed by atoms with Crippen LogP contribution in [0.3, 0.4) is 0 Å². The van der Waals surface area contributed by atoms with E-state index in [4.69, 9.17) is 37.0 Å². The van der Waals surface area contributed by atoms with Gasteiger partial charge in [-0.25, -0.2) is 9.13 Å². The van der Waals surface area contributed by atoms with E-state index >= 15 is 0 Å². The lowest BCUT2D eigenvalue weighted by Gasteiger charge is -2.21. The van der Waals surface area contributed by atoms with Crippen LogP contribution in [0.5, 0.6) is 0 Å². The van der Waals surface area contributed by atoms with Crippen molar-refractivity contribution in [2.75, 3.05) is 39.6 Å². The Hall–Kier alpha value is -1.94. The molecule has 0 aliphatic heterocycles. The van der Waals surface area contributed by atoms with E-state index in [9.17, 15) is 43.2 Å². The molecule has 0 saturated heterocycles. The molecule has 5 atom stereocenters. The van der Waals surface area contributed by atoms with Crippen LogP contribution in [-0.4, -0.2) is 96.7 Å². The molecule has 103 heavy (non-hydrogen) atoms. The molecule has 0 aliphatic carbocycles. The van der Waals surface area contributed by atoms with E-state index in [-0.39, 0.29) is 25.7 Å². The number of carbonyl (C=O) groups excluding carboxylic acids is 4. The third-order valence-corrected chi connectivity index (χ3v) is 21.6. The second-order valence-electron chi connectivity index (χ2n) is 31.2. The minimum absolute atomic E-state index is 0.107. The standard InChI is InChI=1S/C84H164O17P2/c1-7-9-11-13-15-16-17-18-19-20-21-22-23-28-34-39-44-50-56-62-69-84(89)101-80(73-95-82(87)67-61-55-49-43-38-33-27-25-24-26-31-36-41-47-52-58-64-76(3)4)75-99-103(92,93)97-71-78(85)70-96-102(90,91)98-74-79(72-94-81(86)66-60-54-46-14-12-10-8-2)100-83(88)68-63-57-51-45-40-35-30-29-32-37-42-48-53-59-65-77(5)6/h76-80,85H,7-75H2,1-6H3,(H,90,91)(H,92,93)/t78-,79+,80+/m0/s1. The van der Waals surface area contributed by atoms with Gasteiger partial charge in [-0.1, -0.05) is 395 Å². The molecule has 0 aromatic carbocycles. The van der Waals surface area contributed by atoms with Crippen molar-refractivity contribution in [1.29, 1.82) is 0 Å². The van der Waals surface area contributed by atoms with Crippen LogP contribution in [0.2, 0.25) is 0 Å². The van der Waals surface area contributed by atoms with Crippen molar-refractivity contribution in [2.24, 2.45) is 11.8 Å². The molecule has 0 saturated carbocycles. The van der Waals surface area contributed by atoms with Gasteiger partial charge in [0.25, 0.3) is 0 Å². The second kappa shape index (κ2) is 75.5. The molecule has 0 aromatic rings. The molecule has 19 heteroatoms. The molecule has 0 heterocycles. The summed E-state index contributed by atoms with van der Waals surface area (Å²) in [4.78, 5) is 73.0. The number of phosphoric ester groups is 2. The highest BCUT2D eigenvalue weighted by Crippen LogP contribution is 2.45. The van der Waals surface area contributed by atoms with Gasteiger partial charge in [-0.15, -0.1) is 0 Å². The fraction of sp³-hybridized carbons (Fsp3) is 0.952. The Kier molecular flexibility index (Phi) is 74.1. The SMILES string of the molecule is CCCCCCCCCCCCCCCCCCCCCCC(=O)O[C@H](COC(=O)CCCCCCCCCCCCCCCCCCC(C)C)COP(=O)(O)OC[C@@H](O)COP(=O)(O)OC[C@@H](COC(=O)CCCCCCCCC)OC(=O)CCCCCCCCCCCCCCCCC(C)C. The van der Waals surface area contributed by atoms with E-state index < -0.39 is 97.5 Å². The molecular formula is C84H164O17P2. The van der Waals surface area contributed by atoms with Crippen LogP contribution in [0.1, 0.15) is 446 Å². The zero-order valence-corrected chi connectivity index (χ0v) is 69.4. The summed E-state index contributed by atoms with van der Waals surface area (Å²) in [6, 6.07) is 0. The minimum Gasteiger partial charge on any atom is -0.462 e. The Labute approximate surface area is 632 Å². The zero-order chi connectivity index (χ0) is 75.6. The highest BCUT2D eigenvalue weighted by molar-refractivity contribution is 7.47. The van der Waals surface area contributed by atoms with Crippen molar-refractivity contribution in [3.8, 4) is 0 Å². The molecule has 0 rings (SSSR count). The van der Waals surface area contributed by atoms with Crippen molar-refractivity contribution in [3.63, 3.8) is 0 Å². The monoisotopic (exact) mass is 1510 g/mol. The molecule has 0 spiro atoms. The number of esters is 4. The third kappa shape index (κ3) is 78.0. The van der Waals surface area contributed by atoms with E-state index in [2.05, 4.69) is 41.5 Å². The minimum atomic E-state index is -4.96. The first-order valence-electron chi connectivity index (χ1n) is 43.5. The number of hydrogen-bond acceptors (Lipinski definition) is 15. The topological polar surface area (TPSA) is 237 Å². The van der Waals surface area contributed by atoms with Crippen LogP contribution in [0.4, 0.5) is 0 Å². The maximum Gasteiger partial charge on any atom is 0.472 e. The summed E-state index contributed by atoms with van der Waals surface area (Å²) in [5, 5.41) is 10.6. The number of rotatable bonds is 83. The Bertz CT molecular complexity index is 1980. The van der Waals surface area contributed by atoms with Gasteiger partial charge in [0, 0.05) is 25.7 Å². The predicted octanol–water partition coefficient (Wildman–Crippen LogP) is 25.5. The lowest BCUT2D eigenvalue weighted by atomic mass is 10.0. The van der Waals surface area contributed by atoms with E-state index in [1.54, 1.807) is 0 Å².